The number of ether oxygens (including phenoxy) is 1. The smallest absolute Gasteiger partial charge is 0.0832 e. The van der Waals surface area contributed by atoms with E-state index in [4.69, 9.17) is 16.2 Å². The third kappa shape index (κ3) is 2.65. The number of hydrogen-bond donors (Lipinski definition) is 2. The van der Waals surface area contributed by atoms with E-state index in [1.807, 2.05) is 6.07 Å². The molecule has 0 aliphatic heterocycles. The Balaban J connectivity index is 2.10. The van der Waals surface area contributed by atoms with E-state index < -0.39 is 0 Å². The van der Waals surface area contributed by atoms with Crippen LogP contribution in [0.2, 0.25) is 0 Å². The van der Waals surface area contributed by atoms with E-state index in [9.17, 15) is 0 Å². The van der Waals surface area contributed by atoms with Crippen molar-refractivity contribution in [3.05, 3.63) is 24.0 Å². The molecule has 1 unspecified atom stereocenters. The van der Waals surface area contributed by atoms with E-state index in [0.29, 0.717) is 0 Å². The lowest BCUT2D eigenvalue weighted by atomic mass is 9.77. The summed E-state index contributed by atoms with van der Waals surface area (Å²) in [6.45, 7) is 0. The van der Waals surface area contributed by atoms with Gasteiger partial charge in [-0.3, -0.25) is 4.98 Å². The number of methoxy groups -OCH3 is 1. The van der Waals surface area contributed by atoms with E-state index in [1.165, 1.54) is 19.3 Å². The van der Waals surface area contributed by atoms with Gasteiger partial charge in [-0.2, -0.15) is 0 Å². The van der Waals surface area contributed by atoms with Gasteiger partial charge in [-0.1, -0.05) is 19.3 Å². The van der Waals surface area contributed by atoms with Gasteiger partial charge in [0.1, 0.15) is 0 Å². The van der Waals surface area contributed by atoms with Gasteiger partial charge in [0.05, 0.1) is 5.60 Å². The van der Waals surface area contributed by atoms with Crippen molar-refractivity contribution in [3.63, 3.8) is 0 Å². The highest BCUT2D eigenvalue weighted by molar-refractivity contribution is 5.44. The molecule has 0 bridgehead atoms. The lowest BCUT2D eigenvalue weighted by molar-refractivity contribution is -0.0582. The summed E-state index contributed by atoms with van der Waals surface area (Å²) in [5.41, 5.74) is 13.9. The summed E-state index contributed by atoms with van der Waals surface area (Å²) in [6, 6.07) is 1.80. The standard InChI is InChI=1S/C14H23N3O/c1-18-14(6-3-2-4-7-14)13(16)9-11-10-17-8-5-12(11)15/h5,8,10,13H,2-4,6-7,9,16H2,1H3,(H2,15,17). The minimum absolute atomic E-state index is 0.0192. The van der Waals surface area contributed by atoms with Crippen LogP contribution < -0.4 is 11.5 Å². The molecule has 1 aliphatic rings. The van der Waals surface area contributed by atoms with Gasteiger partial charge in [0.2, 0.25) is 0 Å². The van der Waals surface area contributed by atoms with Crippen molar-refractivity contribution in [1.82, 2.24) is 4.98 Å². The lowest BCUT2D eigenvalue weighted by Gasteiger charge is -2.41. The van der Waals surface area contributed by atoms with Crippen LogP contribution in [0.25, 0.3) is 0 Å². The molecule has 0 radical (unpaired) electrons. The van der Waals surface area contributed by atoms with Crippen LogP contribution >= 0.6 is 0 Å². The number of nitrogen functional groups attached to an aromatic ring is 1. The van der Waals surface area contributed by atoms with Crippen molar-refractivity contribution >= 4 is 5.69 Å². The molecule has 4 N–H and O–H groups in total. The molecular weight excluding hydrogens is 226 g/mol. The van der Waals surface area contributed by atoms with E-state index in [1.54, 1.807) is 19.5 Å². The number of hydrogen-bond acceptors (Lipinski definition) is 4. The quantitative estimate of drug-likeness (QED) is 0.854. The highest BCUT2D eigenvalue weighted by atomic mass is 16.5. The van der Waals surface area contributed by atoms with E-state index >= 15 is 0 Å². The number of pyridine rings is 1. The number of nitrogens with zero attached hydrogens (tertiary/aromatic N) is 1. The predicted molar refractivity (Wildman–Crippen MR) is 73.2 cm³/mol. The summed E-state index contributed by atoms with van der Waals surface area (Å²) in [4.78, 5) is 4.12. The number of nitrogens with two attached hydrogens (primary N) is 2. The maximum atomic E-state index is 6.39. The Morgan fingerprint density at radius 1 is 1.39 bits per heavy atom. The van der Waals surface area contributed by atoms with E-state index in [0.717, 1.165) is 30.5 Å². The second-order valence-corrected chi connectivity index (χ2v) is 5.21. The molecule has 1 saturated carbocycles. The molecule has 1 atom stereocenters. The number of aromatic nitrogens is 1. The van der Waals surface area contributed by atoms with Crippen molar-refractivity contribution < 1.29 is 4.74 Å². The highest BCUT2D eigenvalue weighted by Gasteiger charge is 2.38. The molecular formula is C14H23N3O. The Bertz CT molecular complexity index is 388. The molecule has 1 aliphatic carbocycles. The maximum Gasteiger partial charge on any atom is 0.0832 e. The van der Waals surface area contributed by atoms with Crippen LogP contribution in [0.3, 0.4) is 0 Å². The normalized spacial score (nSPS) is 20.6. The number of rotatable bonds is 4. The van der Waals surface area contributed by atoms with Crippen LogP contribution in [0.4, 0.5) is 5.69 Å². The molecule has 0 aromatic carbocycles. The summed E-state index contributed by atoms with van der Waals surface area (Å²) >= 11 is 0. The second-order valence-electron chi connectivity index (χ2n) is 5.21. The summed E-state index contributed by atoms with van der Waals surface area (Å²) in [5, 5.41) is 0. The van der Waals surface area contributed by atoms with E-state index in [-0.39, 0.29) is 11.6 Å². The summed E-state index contributed by atoms with van der Waals surface area (Å²) in [5.74, 6) is 0. The van der Waals surface area contributed by atoms with Gasteiger partial charge in [-0.05, 0) is 30.9 Å². The fraction of sp³-hybridized carbons (Fsp3) is 0.643. The van der Waals surface area contributed by atoms with Gasteiger partial charge < -0.3 is 16.2 Å². The van der Waals surface area contributed by atoms with Crippen LogP contribution in [0.5, 0.6) is 0 Å². The predicted octanol–water partition coefficient (Wildman–Crippen LogP) is 1.88. The number of anilines is 1. The van der Waals surface area contributed by atoms with Crippen molar-refractivity contribution in [3.8, 4) is 0 Å². The molecule has 4 nitrogen and oxygen atoms in total. The second kappa shape index (κ2) is 5.67. The molecule has 0 saturated heterocycles. The van der Waals surface area contributed by atoms with Crippen LogP contribution in [0.1, 0.15) is 37.7 Å². The summed E-state index contributed by atoms with van der Waals surface area (Å²) in [7, 11) is 1.78. The summed E-state index contributed by atoms with van der Waals surface area (Å²) < 4.78 is 5.77. The van der Waals surface area contributed by atoms with Crippen LogP contribution in [-0.2, 0) is 11.2 Å². The monoisotopic (exact) mass is 249 g/mol. The van der Waals surface area contributed by atoms with Crippen molar-refractivity contribution in [2.45, 2.75) is 50.2 Å². The zero-order valence-corrected chi connectivity index (χ0v) is 11.1. The average molecular weight is 249 g/mol. The molecule has 18 heavy (non-hydrogen) atoms. The third-order valence-electron chi connectivity index (χ3n) is 4.16. The Labute approximate surface area is 109 Å². The zero-order valence-electron chi connectivity index (χ0n) is 11.1. The molecule has 0 spiro atoms. The van der Waals surface area contributed by atoms with Gasteiger partial charge in [0.15, 0.2) is 0 Å². The molecule has 100 valence electrons. The molecule has 1 aromatic heterocycles. The van der Waals surface area contributed by atoms with Crippen molar-refractivity contribution in [2.75, 3.05) is 12.8 Å². The molecule has 4 heteroatoms. The van der Waals surface area contributed by atoms with Crippen LogP contribution in [0, 0.1) is 0 Å². The van der Waals surface area contributed by atoms with Crippen molar-refractivity contribution in [1.29, 1.82) is 0 Å². The third-order valence-corrected chi connectivity index (χ3v) is 4.16. The Morgan fingerprint density at radius 3 is 2.72 bits per heavy atom. The molecule has 1 aromatic rings. The first-order valence-corrected chi connectivity index (χ1v) is 6.67. The molecule has 2 rings (SSSR count). The van der Waals surface area contributed by atoms with Gasteiger partial charge in [0.25, 0.3) is 0 Å². The van der Waals surface area contributed by atoms with Gasteiger partial charge >= 0.3 is 0 Å². The Hall–Kier alpha value is -1.13. The van der Waals surface area contributed by atoms with Gasteiger partial charge in [-0.25, -0.2) is 0 Å². The largest absolute Gasteiger partial charge is 0.398 e. The maximum absolute atomic E-state index is 6.39. The fourth-order valence-electron chi connectivity index (χ4n) is 2.91. The fourth-order valence-corrected chi connectivity index (χ4v) is 2.91. The molecule has 0 amide bonds. The van der Waals surface area contributed by atoms with Crippen LogP contribution in [0.15, 0.2) is 18.5 Å². The first-order valence-electron chi connectivity index (χ1n) is 6.67. The minimum atomic E-state index is -0.180. The topological polar surface area (TPSA) is 74.2 Å². The minimum Gasteiger partial charge on any atom is -0.398 e. The first-order chi connectivity index (χ1) is 8.68. The van der Waals surface area contributed by atoms with Crippen molar-refractivity contribution in [2.24, 2.45) is 5.73 Å². The van der Waals surface area contributed by atoms with Crippen LogP contribution in [-0.4, -0.2) is 23.7 Å². The lowest BCUT2D eigenvalue weighted by Crippen LogP contribution is -2.52. The van der Waals surface area contributed by atoms with Gasteiger partial charge in [0, 0.05) is 31.2 Å². The Kier molecular flexibility index (Phi) is 4.19. The summed E-state index contributed by atoms with van der Waals surface area (Å²) in [6.07, 6.45) is 10.0. The Morgan fingerprint density at radius 2 is 2.11 bits per heavy atom. The molecule has 1 heterocycles. The zero-order chi connectivity index (χ0) is 13.0. The highest BCUT2D eigenvalue weighted by Crippen LogP contribution is 2.34. The average Bonchev–Trinajstić information content (AvgIpc) is 2.42. The molecule has 1 fully saturated rings. The SMILES string of the molecule is COC1(C(N)Cc2cnccc2N)CCCCC1. The first kappa shape index (κ1) is 13.3. The van der Waals surface area contributed by atoms with Gasteiger partial charge in [-0.15, -0.1) is 0 Å². The van der Waals surface area contributed by atoms with E-state index in [2.05, 4.69) is 4.98 Å².